The van der Waals surface area contributed by atoms with Crippen LogP contribution in [0.1, 0.15) is 43.4 Å². The van der Waals surface area contributed by atoms with Crippen LogP contribution in [0.25, 0.3) is 0 Å². The van der Waals surface area contributed by atoms with Crippen LogP contribution in [0.4, 0.5) is 4.79 Å². The molecule has 0 bridgehead atoms. The van der Waals surface area contributed by atoms with Crippen molar-refractivity contribution in [2.75, 3.05) is 6.26 Å². The lowest BCUT2D eigenvalue weighted by atomic mass is 9.93. The zero-order chi connectivity index (χ0) is 37.5. The lowest BCUT2D eigenvalue weighted by Gasteiger charge is -2.30. The number of alkyl carbamates (subject to hydrolysis) is 1. The minimum atomic E-state index is -3.66. The van der Waals surface area contributed by atoms with Crippen LogP contribution in [0.2, 0.25) is 0 Å². The smallest absolute Gasteiger partial charge is 0.408 e. The van der Waals surface area contributed by atoms with Crippen LogP contribution in [-0.2, 0) is 58.0 Å². The number of ether oxygens (including phenoxy) is 1. The third-order valence-electron chi connectivity index (χ3n) is 8.85. The van der Waals surface area contributed by atoms with Gasteiger partial charge in [0.05, 0.1) is 17.9 Å². The Labute approximate surface area is 295 Å². The van der Waals surface area contributed by atoms with Gasteiger partial charge in [0, 0.05) is 11.7 Å². The highest BCUT2D eigenvalue weighted by atomic mass is 32.2. The predicted octanol–water partition coefficient (Wildman–Crippen LogP) is 1.31. The molecular weight excluding hydrogens is 684 g/mol. The van der Waals surface area contributed by atoms with Gasteiger partial charge in [-0.15, -0.1) is 0 Å². The zero-order valence-electron chi connectivity index (χ0n) is 28.3. The van der Waals surface area contributed by atoms with Crippen LogP contribution in [-0.4, -0.2) is 84.3 Å². The zero-order valence-corrected chi connectivity index (χ0v) is 29.1. The third kappa shape index (κ3) is 10.6. The van der Waals surface area contributed by atoms with Crippen molar-refractivity contribution in [1.29, 1.82) is 0 Å². The molecule has 274 valence electrons. The van der Waals surface area contributed by atoms with E-state index in [1.165, 1.54) is 0 Å². The van der Waals surface area contributed by atoms with Crippen molar-refractivity contribution in [3.63, 3.8) is 0 Å². The normalized spacial score (nSPS) is 20.0. The summed E-state index contributed by atoms with van der Waals surface area (Å²) in [5.74, 6) is -7.33. The number of hydrogen-bond donors (Lipinski definition) is 6. The van der Waals surface area contributed by atoms with E-state index in [0.29, 0.717) is 18.4 Å². The fourth-order valence-electron chi connectivity index (χ4n) is 6.05. The second-order valence-electron chi connectivity index (χ2n) is 13.3. The lowest BCUT2D eigenvalue weighted by Crippen LogP contribution is -2.60. The van der Waals surface area contributed by atoms with Crippen LogP contribution < -0.4 is 21.3 Å². The number of nitrogens with one attached hydrogen (secondary N) is 4. The van der Waals surface area contributed by atoms with Gasteiger partial charge in [-0.25, -0.2) is 13.2 Å². The number of hydrogen-bond acceptors (Lipinski definition) is 9. The van der Waals surface area contributed by atoms with E-state index >= 15 is 0 Å². The molecular formula is C35H42N4O11S. The maximum atomic E-state index is 14.1. The van der Waals surface area contributed by atoms with Gasteiger partial charge in [0.25, 0.3) is 0 Å². The number of rotatable bonds is 16. The molecule has 0 spiro atoms. The molecule has 1 fully saturated rings. The first-order valence-corrected chi connectivity index (χ1v) is 18.2. The molecule has 2 unspecified atom stereocenters. The monoisotopic (exact) mass is 726 g/mol. The maximum absolute atomic E-state index is 14.1. The van der Waals surface area contributed by atoms with E-state index in [1.807, 2.05) is 24.3 Å². The number of fused-ring (bicyclic) bond motifs is 1. The molecule has 4 amide bonds. The van der Waals surface area contributed by atoms with E-state index in [4.69, 9.17) is 4.74 Å². The molecule has 0 aromatic heterocycles. The van der Waals surface area contributed by atoms with Gasteiger partial charge in [-0.2, -0.15) is 0 Å². The summed E-state index contributed by atoms with van der Waals surface area (Å²) >= 11 is 0. The molecule has 15 nitrogen and oxygen atoms in total. The highest BCUT2D eigenvalue weighted by molar-refractivity contribution is 7.93. The number of sulfone groups is 1. The topological polar surface area (TPSA) is 234 Å². The van der Waals surface area contributed by atoms with Gasteiger partial charge in [0.1, 0.15) is 24.7 Å². The van der Waals surface area contributed by atoms with Crippen molar-refractivity contribution in [2.45, 2.75) is 69.8 Å². The summed E-state index contributed by atoms with van der Waals surface area (Å²) in [6.07, 6.45) is 0.835. The number of carbonyl (C=O) groups excluding carboxylic acids is 4. The number of aliphatic carboxylic acids is 2. The minimum absolute atomic E-state index is 0.0659. The van der Waals surface area contributed by atoms with Crippen molar-refractivity contribution >= 4 is 45.6 Å². The van der Waals surface area contributed by atoms with E-state index in [1.54, 1.807) is 44.2 Å². The number of benzene rings is 2. The van der Waals surface area contributed by atoms with Gasteiger partial charge in [-0.1, -0.05) is 68.4 Å². The third-order valence-corrected chi connectivity index (χ3v) is 9.48. The fourth-order valence-corrected chi connectivity index (χ4v) is 6.54. The predicted molar refractivity (Wildman–Crippen MR) is 182 cm³/mol. The first kappa shape index (κ1) is 38.6. The highest BCUT2D eigenvalue weighted by Crippen LogP contribution is 2.45. The Morgan fingerprint density at radius 3 is 2.02 bits per heavy atom. The molecule has 0 heterocycles. The maximum Gasteiger partial charge on any atom is 0.408 e. The van der Waals surface area contributed by atoms with Gasteiger partial charge in [0.15, 0.2) is 9.84 Å². The molecule has 2 aromatic carbocycles. The van der Waals surface area contributed by atoms with Crippen LogP contribution >= 0.6 is 0 Å². The average Bonchev–Trinajstić information content (AvgIpc) is 3.61. The van der Waals surface area contributed by atoms with Crippen molar-refractivity contribution in [3.8, 4) is 0 Å². The fraction of sp³-hybridized carbons (Fsp3) is 0.429. The summed E-state index contributed by atoms with van der Waals surface area (Å²) in [7, 11) is -3.66. The average molecular weight is 727 g/mol. The standard InChI is InChI=1S/C35H42N4O11S/c1-20(2)28(32(44)39-35(13-14-51(3,48)49)18-25(35)33(45)46)37-31(43)29(24-15-22-11-7-8-12-23(22)16-24)38-30(42)26(17-27(40)41)36-34(47)50-19-21-9-5-4-6-10-21/h4-14,20,24-26,28-29H,15-19H2,1-3H3,(H,36,47)(H,37,43)(H,38,42)(H,39,44)(H,40,41)(H,45,46)/b14-13+/t25?,26-,28-,29-,35?/m0/s1. The molecule has 2 aliphatic rings. The first-order chi connectivity index (χ1) is 24.0. The summed E-state index contributed by atoms with van der Waals surface area (Å²) in [6, 6.07) is 11.9. The highest BCUT2D eigenvalue weighted by Gasteiger charge is 2.59. The Balaban J connectivity index is 1.54. The van der Waals surface area contributed by atoms with Crippen LogP contribution in [0, 0.1) is 17.8 Å². The van der Waals surface area contributed by atoms with Crippen molar-refractivity contribution in [1.82, 2.24) is 21.3 Å². The van der Waals surface area contributed by atoms with Gasteiger partial charge in [0.2, 0.25) is 17.7 Å². The Morgan fingerprint density at radius 1 is 0.882 bits per heavy atom. The largest absolute Gasteiger partial charge is 0.481 e. The summed E-state index contributed by atoms with van der Waals surface area (Å²) in [5.41, 5.74) is 1.04. The van der Waals surface area contributed by atoms with E-state index < -0.39 is 93.4 Å². The molecule has 6 N–H and O–H groups in total. The van der Waals surface area contributed by atoms with Crippen molar-refractivity contribution in [3.05, 3.63) is 82.8 Å². The van der Waals surface area contributed by atoms with Crippen LogP contribution in [0.5, 0.6) is 0 Å². The first-order valence-electron chi connectivity index (χ1n) is 16.3. The molecule has 16 heteroatoms. The molecule has 2 aliphatic carbocycles. The Bertz CT molecular complexity index is 1770. The molecule has 0 aliphatic heterocycles. The summed E-state index contributed by atoms with van der Waals surface area (Å²) in [4.78, 5) is 77.4. The second-order valence-corrected chi connectivity index (χ2v) is 15.2. The number of carbonyl (C=O) groups is 6. The SMILES string of the molecule is CC(C)[C@H](NC(=O)[C@@H](NC(=O)[C@H](CC(=O)O)NC(=O)OCc1ccccc1)C1Cc2ccccc2C1)C(=O)NC1(/C=C/S(C)(=O)=O)CC1C(=O)O. The number of carboxylic acids is 2. The summed E-state index contributed by atoms with van der Waals surface area (Å²) < 4.78 is 28.7. The number of amides is 4. The Morgan fingerprint density at radius 2 is 1.49 bits per heavy atom. The molecule has 5 atom stereocenters. The quantitative estimate of drug-likeness (QED) is 0.144. The molecule has 51 heavy (non-hydrogen) atoms. The van der Waals surface area contributed by atoms with Crippen LogP contribution in [0.15, 0.2) is 66.1 Å². The lowest BCUT2D eigenvalue weighted by molar-refractivity contribution is -0.141. The number of carboxylic acid groups (broad SMARTS) is 2. The second kappa shape index (κ2) is 16.2. The molecule has 1 saturated carbocycles. The Hall–Kier alpha value is -5.25. The van der Waals surface area contributed by atoms with Gasteiger partial charge in [-0.3, -0.25) is 24.0 Å². The summed E-state index contributed by atoms with van der Waals surface area (Å²) in [5, 5.41) is 30.1. The molecule has 0 radical (unpaired) electrons. The molecule has 4 rings (SSSR count). The van der Waals surface area contributed by atoms with Crippen molar-refractivity contribution in [2.24, 2.45) is 17.8 Å². The minimum Gasteiger partial charge on any atom is -0.481 e. The Kier molecular flexibility index (Phi) is 12.2. The van der Waals surface area contributed by atoms with Gasteiger partial charge in [-0.05, 0) is 53.9 Å². The molecule has 0 saturated heterocycles. The van der Waals surface area contributed by atoms with Crippen molar-refractivity contribution < 1.29 is 52.1 Å². The van der Waals surface area contributed by atoms with E-state index in [9.17, 15) is 47.4 Å². The van der Waals surface area contributed by atoms with Crippen LogP contribution in [0.3, 0.4) is 0 Å². The van der Waals surface area contributed by atoms with E-state index in [-0.39, 0.29) is 13.0 Å². The molecule has 2 aromatic rings. The summed E-state index contributed by atoms with van der Waals surface area (Å²) in [6.45, 7) is 3.13. The van der Waals surface area contributed by atoms with E-state index in [0.717, 1.165) is 28.9 Å². The van der Waals surface area contributed by atoms with E-state index in [2.05, 4.69) is 21.3 Å². The van der Waals surface area contributed by atoms with Gasteiger partial charge < -0.3 is 36.2 Å². The van der Waals surface area contributed by atoms with Gasteiger partial charge >= 0.3 is 18.0 Å².